The summed E-state index contributed by atoms with van der Waals surface area (Å²) in [5.41, 5.74) is 1.21. The molecule has 32 heavy (non-hydrogen) atoms. The van der Waals surface area contributed by atoms with E-state index in [0.717, 1.165) is 5.56 Å². The van der Waals surface area contributed by atoms with Crippen LogP contribution >= 0.6 is 0 Å². The maximum atomic E-state index is 12.6. The number of nitrogens with zero attached hydrogens (tertiary/aromatic N) is 2. The fraction of sp³-hybridized carbons (Fsp3) is 0.261. The topological polar surface area (TPSA) is 127 Å². The normalized spacial score (nSPS) is 12.6. The van der Waals surface area contributed by atoms with Crippen LogP contribution in [-0.4, -0.2) is 42.7 Å². The van der Waals surface area contributed by atoms with Gasteiger partial charge < -0.3 is 19.9 Å². The summed E-state index contributed by atoms with van der Waals surface area (Å²) in [5, 5.41) is 19.9. The van der Waals surface area contributed by atoms with Crippen LogP contribution in [0.15, 0.2) is 76.3 Å². The zero-order chi connectivity index (χ0) is 23.5. The van der Waals surface area contributed by atoms with E-state index in [0.29, 0.717) is 11.3 Å². The number of carbonyl (C=O) groups excluding carboxylic acids is 3. The number of nitrogens with one attached hydrogen (secondary N) is 1. The van der Waals surface area contributed by atoms with E-state index in [-0.39, 0.29) is 24.5 Å². The molecule has 0 bridgehead atoms. The number of ether oxygens (including phenoxy) is 2. The number of esters is 2. The van der Waals surface area contributed by atoms with Crippen LogP contribution < -0.4 is 5.32 Å². The first-order valence-corrected chi connectivity index (χ1v) is 9.87. The van der Waals surface area contributed by atoms with Crippen LogP contribution in [0, 0.1) is 0 Å². The van der Waals surface area contributed by atoms with Crippen LogP contribution in [-0.2, 0) is 25.5 Å². The summed E-state index contributed by atoms with van der Waals surface area (Å²) in [6.45, 7) is 3.06. The lowest BCUT2D eigenvalue weighted by molar-refractivity contribution is -0.143. The van der Waals surface area contributed by atoms with Crippen LogP contribution in [0.1, 0.15) is 29.8 Å². The van der Waals surface area contributed by atoms with Crippen LogP contribution in [0.3, 0.4) is 0 Å². The number of hydrogen-bond acceptors (Lipinski definition) is 8. The van der Waals surface area contributed by atoms with E-state index in [9.17, 15) is 19.5 Å². The molecule has 0 fully saturated rings. The lowest BCUT2D eigenvalue weighted by Gasteiger charge is -2.16. The van der Waals surface area contributed by atoms with E-state index < -0.39 is 23.9 Å². The molecule has 2 rings (SSSR count). The lowest BCUT2D eigenvalue weighted by atomic mass is 10.1. The largest absolute Gasteiger partial charge is 0.510 e. The molecule has 0 aromatic heterocycles. The first kappa shape index (κ1) is 24.3. The van der Waals surface area contributed by atoms with Gasteiger partial charge in [0.1, 0.15) is 11.8 Å². The fourth-order valence-electron chi connectivity index (χ4n) is 2.67. The highest BCUT2D eigenvalue weighted by molar-refractivity contribution is 5.97. The fourth-order valence-corrected chi connectivity index (χ4v) is 2.67. The molecule has 9 heteroatoms. The van der Waals surface area contributed by atoms with Crippen LogP contribution in [0.25, 0.3) is 0 Å². The predicted molar refractivity (Wildman–Crippen MR) is 116 cm³/mol. The van der Waals surface area contributed by atoms with Crippen LogP contribution in [0.4, 0.5) is 5.69 Å². The zero-order valence-electron chi connectivity index (χ0n) is 18.1. The SMILES string of the molecule is CCOC(=O)/C(N=Nc1ccc(C(=O)NC(Cc2ccccc2)C(=O)OC)cc1)=C(/C)O. The summed E-state index contributed by atoms with van der Waals surface area (Å²) in [6, 6.07) is 14.4. The first-order valence-electron chi connectivity index (χ1n) is 9.87. The minimum Gasteiger partial charge on any atom is -0.510 e. The Balaban J connectivity index is 2.10. The summed E-state index contributed by atoms with van der Waals surface area (Å²) in [6.07, 6.45) is 0.287. The van der Waals surface area contributed by atoms with E-state index in [2.05, 4.69) is 15.5 Å². The smallest absolute Gasteiger partial charge is 0.362 e. The highest BCUT2D eigenvalue weighted by atomic mass is 16.5. The number of carbonyl (C=O) groups is 3. The van der Waals surface area contributed by atoms with E-state index >= 15 is 0 Å². The monoisotopic (exact) mass is 439 g/mol. The van der Waals surface area contributed by atoms with Crippen molar-refractivity contribution in [1.82, 2.24) is 5.32 Å². The van der Waals surface area contributed by atoms with E-state index in [1.165, 1.54) is 38.3 Å². The third-order valence-corrected chi connectivity index (χ3v) is 4.28. The number of aliphatic hydroxyl groups is 1. The van der Waals surface area contributed by atoms with Crippen molar-refractivity contribution < 1.29 is 29.0 Å². The van der Waals surface area contributed by atoms with Gasteiger partial charge in [-0.15, -0.1) is 5.11 Å². The number of rotatable bonds is 9. The quantitative estimate of drug-likeness (QED) is 0.266. The number of azo groups is 1. The maximum Gasteiger partial charge on any atom is 0.362 e. The Labute approximate surface area is 185 Å². The van der Waals surface area contributed by atoms with Crippen molar-refractivity contribution >= 4 is 23.5 Å². The molecule has 9 nitrogen and oxygen atoms in total. The van der Waals surface area contributed by atoms with E-state index in [1.807, 2.05) is 30.3 Å². The van der Waals surface area contributed by atoms with E-state index in [4.69, 9.17) is 9.47 Å². The molecule has 0 aliphatic heterocycles. The van der Waals surface area contributed by atoms with Gasteiger partial charge in [0, 0.05) is 12.0 Å². The van der Waals surface area contributed by atoms with Gasteiger partial charge in [-0.25, -0.2) is 9.59 Å². The summed E-state index contributed by atoms with van der Waals surface area (Å²) in [4.78, 5) is 36.5. The maximum absolute atomic E-state index is 12.6. The van der Waals surface area contributed by atoms with Crippen LogP contribution in [0.2, 0.25) is 0 Å². The average molecular weight is 439 g/mol. The molecule has 0 heterocycles. The Morgan fingerprint density at radius 1 is 1.06 bits per heavy atom. The van der Waals surface area contributed by atoms with Crippen molar-refractivity contribution in [2.75, 3.05) is 13.7 Å². The molecule has 1 unspecified atom stereocenters. The van der Waals surface area contributed by atoms with Gasteiger partial charge in [0.05, 0.1) is 19.4 Å². The van der Waals surface area contributed by atoms with Gasteiger partial charge in [0.2, 0.25) is 5.70 Å². The van der Waals surface area contributed by atoms with Crippen molar-refractivity contribution in [2.24, 2.45) is 10.2 Å². The molecule has 2 aromatic carbocycles. The molecule has 1 amide bonds. The van der Waals surface area contributed by atoms with Crippen molar-refractivity contribution in [3.05, 3.63) is 77.2 Å². The molecule has 0 spiro atoms. The number of hydrogen-bond donors (Lipinski definition) is 2. The second-order valence-corrected chi connectivity index (χ2v) is 6.64. The molecule has 1 atom stereocenters. The number of benzene rings is 2. The Kier molecular flexibility index (Phi) is 9.09. The van der Waals surface area contributed by atoms with Crippen molar-refractivity contribution in [3.63, 3.8) is 0 Å². The molecular formula is C23H25N3O6. The van der Waals surface area contributed by atoms with Gasteiger partial charge in [0.25, 0.3) is 5.91 Å². The molecule has 2 aromatic rings. The van der Waals surface area contributed by atoms with Gasteiger partial charge in [-0.2, -0.15) is 5.11 Å². The summed E-state index contributed by atoms with van der Waals surface area (Å²) >= 11 is 0. The molecule has 0 radical (unpaired) electrons. The second kappa shape index (κ2) is 12.0. The van der Waals surface area contributed by atoms with Crippen LogP contribution in [0.5, 0.6) is 0 Å². The van der Waals surface area contributed by atoms with Gasteiger partial charge in [0.15, 0.2) is 0 Å². The summed E-state index contributed by atoms with van der Waals surface area (Å²) in [7, 11) is 1.26. The summed E-state index contributed by atoms with van der Waals surface area (Å²) < 4.78 is 9.62. The zero-order valence-corrected chi connectivity index (χ0v) is 18.1. The lowest BCUT2D eigenvalue weighted by Crippen LogP contribution is -2.43. The minimum absolute atomic E-state index is 0.131. The highest BCUT2D eigenvalue weighted by Gasteiger charge is 2.22. The number of allylic oxidation sites excluding steroid dienone is 1. The Morgan fingerprint density at radius 2 is 1.72 bits per heavy atom. The van der Waals surface area contributed by atoms with Gasteiger partial charge in [-0.1, -0.05) is 30.3 Å². The third-order valence-electron chi connectivity index (χ3n) is 4.28. The van der Waals surface area contributed by atoms with Crippen molar-refractivity contribution in [1.29, 1.82) is 0 Å². The molecule has 0 saturated carbocycles. The molecule has 2 N–H and O–H groups in total. The average Bonchev–Trinajstić information content (AvgIpc) is 2.79. The molecule has 0 aliphatic carbocycles. The van der Waals surface area contributed by atoms with Crippen molar-refractivity contribution in [3.8, 4) is 0 Å². The van der Waals surface area contributed by atoms with Gasteiger partial charge in [-0.3, -0.25) is 4.79 Å². The summed E-state index contributed by atoms with van der Waals surface area (Å²) in [5.74, 6) is -2.13. The third kappa shape index (κ3) is 7.05. The standard InChI is InChI=1S/C23H25N3O6/c1-4-32-23(30)20(15(2)27)26-25-18-12-10-17(11-13-18)21(28)24-19(22(29)31-3)14-16-8-6-5-7-9-16/h5-13,19,27H,4,14H2,1-3H3,(H,24,28)/b20-15+,26-25?. The Morgan fingerprint density at radius 3 is 2.28 bits per heavy atom. The molecule has 0 saturated heterocycles. The molecular weight excluding hydrogens is 414 g/mol. The van der Waals surface area contributed by atoms with E-state index in [1.54, 1.807) is 6.92 Å². The van der Waals surface area contributed by atoms with Gasteiger partial charge in [-0.05, 0) is 43.7 Å². The van der Waals surface area contributed by atoms with Crippen molar-refractivity contribution in [2.45, 2.75) is 26.3 Å². The number of amides is 1. The Bertz CT molecular complexity index is 996. The predicted octanol–water partition coefficient (Wildman–Crippen LogP) is 3.64. The number of aliphatic hydroxyl groups excluding tert-OH is 1. The molecule has 0 aliphatic rings. The Hall–Kier alpha value is -4.01. The first-order chi connectivity index (χ1) is 15.3. The minimum atomic E-state index is -0.848. The highest BCUT2D eigenvalue weighted by Crippen LogP contribution is 2.17. The second-order valence-electron chi connectivity index (χ2n) is 6.64. The number of methoxy groups -OCH3 is 1. The molecule has 168 valence electrons. The van der Waals surface area contributed by atoms with Gasteiger partial charge >= 0.3 is 11.9 Å².